The van der Waals surface area contributed by atoms with Crippen molar-refractivity contribution in [3.8, 4) is 23.0 Å². The number of methoxy groups -OCH3 is 1. The highest BCUT2D eigenvalue weighted by molar-refractivity contribution is 7.98. The van der Waals surface area contributed by atoms with Gasteiger partial charge in [0, 0.05) is 35.7 Å². The van der Waals surface area contributed by atoms with Crippen LogP contribution in [0.15, 0.2) is 69.6 Å². The van der Waals surface area contributed by atoms with E-state index < -0.39 is 5.60 Å². The third-order valence-electron chi connectivity index (χ3n) is 5.09. The lowest BCUT2D eigenvalue weighted by molar-refractivity contribution is 0.0742. The van der Waals surface area contributed by atoms with E-state index in [4.69, 9.17) is 4.74 Å². The van der Waals surface area contributed by atoms with Gasteiger partial charge in [-0.05, 0) is 83.6 Å². The number of likely N-dealkylation sites (N-methyl/N-ethyl adjacent to an activating group) is 1. The van der Waals surface area contributed by atoms with E-state index in [0.717, 1.165) is 25.4 Å². The first-order valence-electron chi connectivity index (χ1n) is 10.8. The summed E-state index contributed by atoms with van der Waals surface area (Å²) in [5, 5.41) is 6.61. The first-order valence-corrected chi connectivity index (χ1v) is 13.6. The Labute approximate surface area is 205 Å². The van der Waals surface area contributed by atoms with Gasteiger partial charge in [-0.25, -0.2) is 0 Å². The number of hydrogen-bond donors (Lipinski definition) is 0. The number of allylic oxidation sites excluding steroid dienone is 1. The molecule has 0 amide bonds. The zero-order valence-corrected chi connectivity index (χ0v) is 21.7. The van der Waals surface area contributed by atoms with Gasteiger partial charge in [0.25, 0.3) is 0 Å². The molecule has 3 aromatic rings. The van der Waals surface area contributed by atoms with Crippen LogP contribution in [-0.2, 0) is 17.0 Å². The van der Waals surface area contributed by atoms with Crippen LogP contribution in [0.2, 0.25) is 0 Å². The molecule has 168 valence electrons. The van der Waals surface area contributed by atoms with Gasteiger partial charge in [0.05, 0.1) is 0 Å². The van der Waals surface area contributed by atoms with Gasteiger partial charge in [0.2, 0.25) is 0 Å². The van der Waals surface area contributed by atoms with Crippen LogP contribution in [0.5, 0.6) is 0 Å². The molecule has 0 bridgehead atoms. The second-order valence-electron chi connectivity index (χ2n) is 7.96. The van der Waals surface area contributed by atoms with E-state index >= 15 is 0 Å². The van der Waals surface area contributed by atoms with Crippen molar-refractivity contribution >= 4 is 34.4 Å². The minimum atomic E-state index is -0.401. The summed E-state index contributed by atoms with van der Waals surface area (Å²) < 4.78 is 5.32. The average molecular weight is 482 g/mol. The van der Waals surface area contributed by atoms with E-state index in [1.54, 1.807) is 18.4 Å². The zero-order chi connectivity index (χ0) is 22.8. The summed E-state index contributed by atoms with van der Waals surface area (Å²) in [5.74, 6) is 7.21. The fraction of sp³-hybridized carbons (Fsp3) is 0.333. The van der Waals surface area contributed by atoms with E-state index in [-0.39, 0.29) is 0 Å². The predicted molar refractivity (Wildman–Crippen MR) is 143 cm³/mol. The van der Waals surface area contributed by atoms with Crippen LogP contribution in [0.3, 0.4) is 0 Å². The van der Waals surface area contributed by atoms with Crippen molar-refractivity contribution in [3.63, 3.8) is 0 Å². The van der Waals surface area contributed by atoms with Crippen LogP contribution < -0.4 is 0 Å². The molecule has 0 saturated heterocycles. The predicted octanol–water partition coefficient (Wildman–Crippen LogP) is 7.58. The van der Waals surface area contributed by atoms with Crippen molar-refractivity contribution in [1.82, 2.24) is 4.90 Å². The molecule has 0 N–H and O–H groups in total. The SMILES string of the molecule is CCN(C/C=C/C#CC(C)(C)OC)Cc1cccc(SCc2cc(-c3ccsc3)cs2)c1. The average Bonchev–Trinajstić information content (AvgIpc) is 3.49. The Morgan fingerprint density at radius 2 is 2.03 bits per heavy atom. The molecule has 0 fully saturated rings. The van der Waals surface area contributed by atoms with E-state index in [1.807, 2.05) is 43.0 Å². The van der Waals surface area contributed by atoms with Crippen molar-refractivity contribution < 1.29 is 4.74 Å². The van der Waals surface area contributed by atoms with Crippen molar-refractivity contribution in [2.45, 2.75) is 43.6 Å². The molecule has 0 unspecified atom stereocenters. The van der Waals surface area contributed by atoms with Crippen LogP contribution in [0.1, 0.15) is 31.2 Å². The minimum Gasteiger partial charge on any atom is -0.366 e. The Morgan fingerprint density at radius 1 is 1.16 bits per heavy atom. The first kappa shape index (κ1) is 24.8. The Hall–Kier alpha value is -1.81. The maximum atomic E-state index is 5.32. The molecule has 0 radical (unpaired) electrons. The van der Waals surface area contributed by atoms with Gasteiger partial charge >= 0.3 is 0 Å². The molecule has 5 heteroatoms. The third-order valence-corrected chi connectivity index (χ3v) is 7.93. The molecule has 0 aliphatic heterocycles. The lowest BCUT2D eigenvalue weighted by Gasteiger charge is -2.18. The Balaban J connectivity index is 1.52. The van der Waals surface area contributed by atoms with Gasteiger partial charge in [-0.3, -0.25) is 4.90 Å². The lowest BCUT2D eigenvalue weighted by Crippen LogP contribution is -2.22. The van der Waals surface area contributed by atoms with Crippen LogP contribution in [-0.4, -0.2) is 30.7 Å². The molecule has 0 spiro atoms. The van der Waals surface area contributed by atoms with E-state index in [0.29, 0.717) is 0 Å². The first-order chi connectivity index (χ1) is 15.5. The Morgan fingerprint density at radius 3 is 2.78 bits per heavy atom. The molecule has 3 rings (SSSR count). The maximum absolute atomic E-state index is 5.32. The second kappa shape index (κ2) is 12.4. The van der Waals surface area contributed by atoms with E-state index in [1.165, 1.54) is 26.5 Å². The molecule has 2 nitrogen and oxygen atoms in total. The van der Waals surface area contributed by atoms with Crippen molar-refractivity contribution in [1.29, 1.82) is 0 Å². The van der Waals surface area contributed by atoms with Crippen LogP contribution >= 0.6 is 34.4 Å². The lowest BCUT2D eigenvalue weighted by atomic mass is 10.1. The highest BCUT2D eigenvalue weighted by Gasteiger charge is 2.10. The summed E-state index contributed by atoms with van der Waals surface area (Å²) in [4.78, 5) is 5.16. The van der Waals surface area contributed by atoms with Crippen molar-refractivity contribution in [2.24, 2.45) is 0 Å². The second-order valence-corrected chi connectivity index (χ2v) is 10.8. The molecule has 0 aliphatic rings. The number of thiophene rings is 2. The number of ether oxygens (including phenoxy) is 1. The summed E-state index contributed by atoms with van der Waals surface area (Å²) in [5.41, 5.74) is 3.61. The number of hydrogen-bond acceptors (Lipinski definition) is 5. The normalized spacial score (nSPS) is 11.8. The van der Waals surface area contributed by atoms with Gasteiger partial charge < -0.3 is 4.74 Å². The molecule has 0 atom stereocenters. The quantitative estimate of drug-likeness (QED) is 0.219. The summed E-state index contributed by atoms with van der Waals surface area (Å²) in [6.45, 7) is 8.97. The van der Waals surface area contributed by atoms with Gasteiger partial charge in [0.15, 0.2) is 0 Å². The molecule has 2 heterocycles. The van der Waals surface area contributed by atoms with E-state index in [2.05, 4.69) is 82.3 Å². The largest absolute Gasteiger partial charge is 0.366 e. The molecular formula is C27H31NOS3. The molecule has 1 aromatic carbocycles. The standard InChI is InChI=1S/C27H31NOS3/c1-5-28(14-8-6-7-13-27(2,3)29-4)18-22-10-9-11-25(16-22)32-21-26-17-24(20-31-26)23-12-15-30-19-23/h6,8-12,15-17,19-20H,5,14,18,21H2,1-4H3/b8-6+. The third kappa shape index (κ3) is 7.95. The molecule has 0 aliphatic carbocycles. The number of benzene rings is 1. The Bertz CT molecular complexity index is 1050. The highest BCUT2D eigenvalue weighted by atomic mass is 32.2. The van der Waals surface area contributed by atoms with Gasteiger partial charge in [-0.1, -0.05) is 37.0 Å². The zero-order valence-electron chi connectivity index (χ0n) is 19.3. The topological polar surface area (TPSA) is 12.5 Å². The van der Waals surface area contributed by atoms with Gasteiger partial charge in [-0.2, -0.15) is 11.3 Å². The van der Waals surface area contributed by atoms with Crippen molar-refractivity contribution in [2.75, 3.05) is 20.2 Å². The summed E-state index contributed by atoms with van der Waals surface area (Å²) in [7, 11) is 1.69. The van der Waals surface area contributed by atoms with Crippen LogP contribution in [0, 0.1) is 11.8 Å². The Kier molecular flexibility index (Phi) is 9.65. The molecular weight excluding hydrogens is 451 g/mol. The van der Waals surface area contributed by atoms with Crippen molar-refractivity contribution in [3.05, 3.63) is 75.1 Å². The summed E-state index contributed by atoms with van der Waals surface area (Å²) >= 11 is 5.51. The minimum absolute atomic E-state index is 0.401. The summed E-state index contributed by atoms with van der Waals surface area (Å²) in [6.07, 6.45) is 4.06. The van der Waals surface area contributed by atoms with Gasteiger partial charge in [0.1, 0.15) is 5.60 Å². The number of nitrogens with zero attached hydrogens (tertiary/aromatic N) is 1. The smallest absolute Gasteiger partial charge is 0.123 e. The van der Waals surface area contributed by atoms with Gasteiger partial charge in [-0.15, -0.1) is 23.1 Å². The van der Waals surface area contributed by atoms with E-state index in [9.17, 15) is 0 Å². The molecule has 2 aromatic heterocycles. The van der Waals surface area contributed by atoms with Crippen LogP contribution in [0.25, 0.3) is 11.1 Å². The molecule has 0 saturated carbocycles. The molecule has 32 heavy (non-hydrogen) atoms. The fourth-order valence-electron chi connectivity index (χ4n) is 3.02. The van der Waals surface area contributed by atoms with Crippen LogP contribution in [0.4, 0.5) is 0 Å². The fourth-order valence-corrected chi connectivity index (χ4v) is 5.61. The summed E-state index contributed by atoms with van der Waals surface area (Å²) in [6, 6.07) is 13.4. The highest BCUT2D eigenvalue weighted by Crippen LogP contribution is 2.31. The number of thioether (sulfide) groups is 1. The maximum Gasteiger partial charge on any atom is 0.123 e. The number of rotatable bonds is 10. The monoisotopic (exact) mass is 481 g/mol.